The largest absolute Gasteiger partial charge is 0.480 e. The Morgan fingerprint density at radius 3 is 2.80 bits per heavy atom. The molecule has 0 spiro atoms. The van der Waals surface area contributed by atoms with Gasteiger partial charge in [0.05, 0.1) is 6.33 Å². The molecule has 0 aliphatic carbocycles. The molecule has 2 heterocycles. The first kappa shape index (κ1) is 13.7. The van der Waals surface area contributed by atoms with Gasteiger partial charge in [0.2, 0.25) is 11.9 Å². The summed E-state index contributed by atoms with van der Waals surface area (Å²) in [7, 11) is 0. The van der Waals surface area contributed by atoms with Crippen molar-refractivity contribution in [3.63, 3.8) is 0 Å². The van der Waals surface area contributed by atoms with Crippen LogP contribution in [-0.2, 0) is 16.1 Å². The highest BCUT2D eigenvalue weighted by Gasteiger charge is 2.14. The van der Waals surface area contributed by atoms with E-state index in [9.17, 15) is 14.4 Å². The molecule has 0 aromatic carbocycles. The highest BCUT2D eigenvalue weighted by molar-refractivity contribution is 5.91. The van der Waals surface area contributed by atoms with Crippen LogP contribution in [0.25, 0.3) is 11.2 Å². The van der Waals surface area contributed by atoms with Gasteiger partial charge in [-0.2, -0.15) is 4.98 Å². The topological polar surface area (TPSA) is 130 Å². The number of amides is 1. The van der Waals surface area contributed by atoms with Gasteiger partial charge in [0.1, 0.15) is 6.54 Å². The third kappa shape index (κ3) is 2.66. The SMILES string of the molecule is CC(C)C(=O)Nc1nc2ncn(CC(=O)O)c2c(=O)[nH]1. The molecule has 0 fully saturated rings. The standard InChI is InChI=1S/C11H13N5O4/c1-5(2)9(19)14-11-13-8-7(10(20)15-11)16(4-12-8)3-6(17)18/h4-5H,3H2,1-2H3,(H,17,18)(H2,13,14,15,19,20). The van der Waals surface area contributed by atoms with Crippen molar-refractivity contribution >= 4 is 29.0 Å². The molecule has 0 saturated carbocycles. The summed E-state index contributed by atoms with van der Waals surface area (Å²) in [5.74, 6) is -1.67. The van der Waals surface area contributed by atoms with Crippen LogP contribution in [0.4, 0.5) is 5.95 Å². The first-order valence-electron chi connectivity index (χ1n) is 5.86. The third-order valence-corrected chi connectivity index (χ3v) is 2.55. The minimum Gasteiger partial charge on any atom is -0.480 e. The summed E-state index contributed by atoms with van der Waals surface area (Å²) in [5.41, 5.74) is -0.434. The van der Waals surface area contributed by atoms with Crippen molar-refractivity contribution in [3.8, 4) is 0 Å². The lowest BCUT2D eigenvalue weighted by Gasteiger charge is -2.06. The highest BCUT2D eigenvalue weighted by atomic mass is 16.4. The van der Waals surface area contributed by atoms with Crippen molar-refractivity contribution in [1.82, 2.24) is 19.5 Å². The van der Waals surface area contributed by atoms with E-state index < -0.39 is 11.5 Å². The number of anilines is 1. The van der Waals surface area contributed by atoms with E-state index in [0.29, 0.717) is 0 Å². The maximum atomic E-state index is 11.9. The number of aromatic nitrogens is 4. The van der Waals surface area contributed by atoms with E-state index in [1.165, 1.54) is 10.9 Å². The summed E-state index contributed by atoms with van der Waals surface area (Å²) >= 11 is 0. The number of nitrogens with one attached hydrogen (secondary N) is 2. The zero-order chi connectivity index (χ0) is 14.9. The number of aromatic amines is 1. The lowest BCUT2D eigenvalue weighted by molar-refractivity contribution is -0.137. The van der Waals surface area contributed by atoms with Crippen LogP contribution in [-0.4, -0.2) is 36.5 Å². The third-order valence-electron chi connectivity index (χ3n) is 2.55. The number of rotatable bonds is 4. The van der Waals surface area contributed by atoms with E-state index >= 15 is 0 Å². The van der Waals surface area contributed by atoms with Gasteiger partial charge in [-0.15, -0.1) is 0 Å². The second-order valence-electron chi connectivity index (χ2n) is 4.50. The summed E-state index contributed by atoms with van der Waals surface area (Å²) in [6, 6.07) is 0. The fourth-order valence-corrected chi connectivity index (χ4v) is 1.57. The lowest BCUT2D eigenvalue weighted by Crippen LogP contribution is -2.23. The van der Waals surface area contributed by atoms with Crippen LogP contribution >= 0.6 is 0 Å². The van der Waals surface area contributed by atoms with E-state index in [4.69, 9.17) is 5.11 Å². The summed E-state index contributed by atoms with van der Waals surface area (Å²) in [6.45, 7) is 3.01. The molecule has 3 N–H and O–H groups in total. The fourth-order valence-electron chi connectivity index (χ4n) is 1.57. The van der Waals surface area contributed by atoms with Crippen LogP contribution in [0.15, 0.2) is 11.1 Å². The smallest absolute Gasteiger partial charge is 0.323 e. The van der Waals surface area contributed by atoms with E-state index in [1.54, 1.807) is 13.8 Å². The average molecular weight is 279 g/mol. The normalized spacial score (nSPS) is 10.9. The molecule has 106 valence electrons. The maximum Gasteiger partial charge on any atom is 0.323 e. The first-order valence-corrected chi connectivity index (χ1v) is 5.86. The molecule has 1 amide bonds. The molecule has 9 nitrogen and oxygen atoms in total. The minimum atomic E-state index is -1.10. The molecule has 20 heavy (non-hydrogen) atoms. The van der Waals surface area contributed by atoms with Gasteiger partial charge in [0.15, 0.2) is 11.2 Å². The molecule has 0 atom stereocenters. The number of carboxylic acids is 1. The number of carbonyl (C=O) groups is 2. The summed E-state index contributed by atoms with van der Waals surface area (Å²) in [4.78, 5) is 44.3. The van der Waals surface area contributed by atoms with Gasteiger partial charge >= 0.3 is 5.97 Å². The molecule has 2 aromatic rings. The number of fused-ring (bicyclic) bond motifs is 1. The van der Waals surface area contributed by atoms with Gasteiger partial charge in [-0.25, -0.2) is 4.98 Å². The number of nitrogens with zero attached hydrogens (tertiary/aromatic N) is 3. The minimum absolute atomic E-state index is 0.0122. The molecule has 2 aromatic heterocycles. The van der Waals surface area contributed by atoms with Crippen molar-refractivity contribution in [1.29, 1.82) is 0 Å². The van der Waals surface area contributed by atoms with Crippen molar-refractivity contribution in [3.05, 3.63) is 16.7 Å². The number of carboxylic acid groups (broad SMARTS) is 1. The molecular formula is C11H13N5O4. The molecule has 0 bridgehead atoms. The molecule has 0 aliphatic rings. The van der Waals surface area contributed by atoms with Crippen LogP contribution in [0.3, 0.4) is 0 Å². The fraction of sp³-hybridized carbons (Fsp3) is 0.364. The molecule has 0 radical (unpaired) electrons. The Hall–Kier alpha value is -2.71. The number of H-pyrrole nitrogens is 1. The Morgan fingerprint density at radius 1 is 1.50 bits per heavy atom. The van der Waals surface area contributed by atoms with Gasteiger partial charge in [-0.05, 0) is 0 Å². The van der Waals surface area contributed by atoms with E-state index in [-0.39, 0.29) is 35.5 Å². The average Bonchev–Trinajstić information content (AvgIpc) is 2.71. The predicted molar refractivity (Wildman–Crippen MR) is 69.3 cm³/mol. The summed E-state index contributed by atoms with van der Waals surface area (Å²) in [5, 5.41) is 11.2. The summed E-state index contributed by atoms with van der Waals surface area (Å²) in [6.07, 6.45) is 1.22. The van der Waals surface area contributed by atoms with Crippen LogP contribution in [0.5, 0.6) is 0 Å². The predicted octanol–water partition coefficient (Wildman–Crippen LogP) is -0.201. The Bertz CT molecular complexity index is 730. The zero-order valence-electron chi connectivity index (χ0n) is 10.9. The molecule has 9 heteroatoms. The van der Waals surface area contributed by atoms with Crippen molar-refractivity contribution < 1.29 is 14.7 Å². The second kappa shape index (κ2) is 5.11. The monoisotopic (exact) mass is 279 g/mol. The Labute approximate surface area is 112 Å². The Morgan fingerprint density at radius 2 is 2.20 bits per heavy atom. The van der Waals surface area contributed by atoms with E-state index in [2.05, 4.69) is 20.3 Å². The van der Waals surface area contributed by atoms with Crippen LogP contribution in [0, 0.1) is 5.92 Å². The number of imidazole rings is 1. The van der Waals surface area contributed by atoms with Crippen molar-refractivity contribution in [2.24, 2.45) is 5.92 Å². The van der Waals surface area contributed by atoms with Gasteiger partial charge in [0, 0.05) is 5.92 Å². The van der Waals surface area contributed by atoms with Gasteiger partial charge < -0.3 is 9.67 Å². The van der Waals surface area contributed by atoms with Crippen LogP contribution in [0.2, 0.25) is 0 Å². The highest BCUT2D eigenvalue weighted by Crippen LogP contribution is 2.08. The lowest BCUT2D eigenvalue weighted by atomic mass is 10.2. The number of hydrogen-bond acceptors (Lipinski definition) is 5. The molecular weight excluding hydrogens is 266 g/mol. The number of aliphatic carboxylic acids is 1. The molecule has 0 saturated heterocycles. The van der Waals surface area contributed by atoms with Crippen LogP contribution < -0.4 is 10.9 Å². The summed E-state index contributed by atoms with van der Waals surface area (Å²) < 4.78 is 1.18. The van der Waals surface area contributed by atoms with Gasteiger partial charge in [0.25, 0.3) is 5.56 Å². The zero-order valence-corrected chi connectivity index (χ0v) is 10.9. The number of hydrogen-bond donors (Lipinski definition) is 3. The van der Waals surface area contributed by atoms with Gasteiger partial charge in [-0.1, -0.05) is 13.8 Å². The van der Waals surface area contributed by atoms with Crippen molar-refractivity contribution in [2.45, 2.75) is 20.4 Å². The molecule has 0 unspecified atom stereocenters. The van der Waals surface area contributed by atoms with Crippen LogP contribution in [0.1, 0.15) is 13.8 Å². The maximum absolute atomic E-state index is 11.9. The first-order chi connectivity index (χ1) is 9.38. The second-order valence-corrected chi connectivity index (χ2v) is 4.50. The molecule has 0 aliphatic heterocycles. The van der Waals surface area contributed by atoms with E-state index in [1.807, 2.05) is 0 Å². The quantitative estimate of drug-likeness (QED) is 0.710. The van der Waals surface area contributed by atoms with Crippen molar-refractivity contribution in [2.75, 3.05) is 5.32 Å². The molecule has 2 rings (SSSR count). The Kier molecular flexibility index (Phi) is 3.51. The number of carbonyl (C=O) groups excluding carboxylic acids is 1. The van der Waals surface area contributed by atoms with Gasteiger partial charge in [-0.3, -0.25) is 24.7 Å². The van der Waals surface area contributed by atoms with E-state index in [0.717, 1.165) is 0 Å². The Balaban J connectivity index is 2.42.